The minimum Gasteiger partial charge on any atom is -0.197 e. The van der Waals surface area contributed by atoms with E-state index in [9.17, 15) is 0 Å². The van der Waals surface area contributed by atoms with E-state index >= 15 is 0 Å². The normalized spacial score (nSPS) is 12.7. The summed E-state index contributed by atoms with van der Waals surface area (Å²) in [5, 5.41) is 35.6. The van der Waals surface area contributed by atoms with Gasteiger partial charge in [-0.25, -0.2) is 0 Å². The molecule has 80 valence electrons. The Bertz CT molecular complexity index is 490. The first-order valence-corrected chi connectivity index (χ1v) is 4.93. The lowest BCUT2D eigenvalue weighted by molar-refractivity contribution is 0.834. The lowest BCUT2D eigenvalue weighted by atomic mass is 9.84. The zero-order chi connectivity index (χ0) is 12.7. The molecule has 0 heterocycles. The second-order valence-electron chi connectivity index (χ2n) is 3.35. The number of nitrogens with zero attached hydrogens (tertiary/aromatic N) is 4. The molecule has 4 heteroatoms. The third-order valence-corrected chi connectivity index (χ3v) is 2.39. The summed E-state index contributed by atoms with van der Waals surface area (Å²) in [6, 6.07) is 7.28. The summed E-state index contributed by atoms with van der Waals surface area (Å²) in [6.45, 7) is 0. The summed E-state index contributed by atoms with van der Waals surface area (Å²) >= 11 is 0. The Morgan fingerprint density at radius 1 is 0.941 bits per heavy atom. The van der Waals surface area contributed by atoms with Crippen LogP contribution in [0, 0.1) is 57.2 Å². The minimum absolute atomic E-state index is 0.306. The first-order chi connectivity index (χ1) is 8.28. The third-order valence-electron chi connectivity index (χ3n) is 2.39. The molecular weight excluding hydrogens is 212 g/mol. The van der Waals surface area contributed by atoms with Crippen LogP contribution in [0.3, 0.4) is 0 Å². The second kappa shape index (κ2) is 5.92. The molecule has 0 spiro atoms. The average Bonchev–Trinajstić information content (AvgIpc) is 2.40. The maximum atomic E-state index is 8.90. The van der Waals surface area contributed by atoms with Gasteiger partial charge in [0.05, 0.1) is 24.3 Å². The van der Waals surface area contributed by atoms with Crippen molar-refractivity contribution in [3.63, 3.8) is 0 Å². The monoisotopic (exact) mass is 220 g/mol. The summed E-state index contributed by atoms with van der Waals surface area (Å²) in [6.07, 6.45) is 7.72. The third kappa shape index (κ3) is 2.60. The van der Waals surface area contributed by atoms with Gasteiger partial charge in [0.1, 0.15) is 0 Å². The predicted molar refractivity (Wildman–Crippen MR) is 59.4 cm³/mol. The van der Waals surface area contributed by atoms with Gasteiger partial charge < -0.3 is 0 Å². The van der Waals surface area contributed by atoms with Gasteiger partial charge >= 0.3 is 0 Å². The second-order valence-corrected chi connectivity index (χ2v) is 3.35. The molecule has 0 aromatic heterocycles. The maximum absolute atomic E-state index is 8.90. The minimum atomic E-state index is -1.05. The molecule has 0 atom stereocenters. The van der Waals surface area contributed by atoms with Crippen molar-refractivity contribution >= 4 is 0 Å². The molecule has 0 amide bonds. The summed E-state index contributed by atoms with van der Waals surface area (Å²) in [7, 11) is 0. The standard InChI is InChI=1S/C13H8N4/c14-6-11(7-15)13(12(8-16)9-17)10-4-2-1-3-5-10/h1-4,11-12H,5H2. The number of nitriles is 4. The molecule has 17 heavy (non-hydrogen) atoms. The first-order valence-electron chi connectivity index (χ1n) is 4.93. The van der Waals surface area contributed by atoms with Gasteiger partial charge in [-0.2, -0.15) is 21.0 Å². The van der Waals surface area contributed by atoms with E-state index in [0.29, 0.717) is 17.6 Å². The maximum Gasteiger partial charge on any atom is 0.157 e. The number of rotatable bonds is 2. The summed E-state index contributed by atoms with van der Waals surface area (Å²) < 4.78 is 0. The molecule has 1 rings (SSSR count). The van der Waals surface area contributed by atoms with Crippen LogP contribution in [0.5, 0.6) is 0 Å². The fraction of sp³-hybridized carbons (Fsp3) is 0.231. The van der Waals surface area contributed by atoms with Gasteiger partial charge in [-0.05, 0) is 17.6 Å². The predicted octanol–water partition coefficient (Wildman–Crippen LogP) is 2.13. The van der Waals surface area contributed by atoms with Crippen LogP contribution in [-0.4, -0.2) is 0 Å². The molecule has 0 fully saturated rings. The molecule has 0 bridgehead atoms. The van der Waals surface area contributed by atoms with Crippen LogP contribution in [0.25, 0.3) is 0 Å². The molecule has 1 aliphatic carbocycles. The Morgan fingerprint density at radius 3 is 1.82 bits per heavy atom. The van der Waals surface area contributed by atoms with Crippen LogP contribution >= 0.6 is 0 Å². The molecular formula is C13H8N4. The Morgan fingerprint density at radius 2 is 1.47 bits per heavy atom. The molecule has 1 aliphatic rings. The van der Waals surface area contributed by atoms with Crippen molar-refractivity contribution in [3.05, 3.63) is 35.5 Å². The van der Waals surface area contributed by atoms with Crippen molar-refractivity contribution in [2.24, 2.45) is 11.8 Å². The summed E-state index contributed by atoms with van der Waals surface area (Å²) in [5.41, 5.74) is 1.01. The van der Waals surface area contributed by atoms with Crippen molar-refractivity contribution < 1.29 is 0 Å². The highest BCUT2D eigenvalue weighted by Crippen LogP contribution is 2.27. The van der Waals surface area contributed by atoms with Crippen LogP contribution in [0.1, 0.15) is 6.42 Å². The van der Waals surface area contributed by atoms with E-state index < -0.39 is 11.8 Å². The fourth-order valence-corrected chi connectivity index (χ4v) is 1.60. The van der Waals surface area contributed by atoms with Gasteiger partial charge in [0.2, 0.25) is 0 Å². The zero-order valence-electron chi connectivity index (χ0n) is 8.96. The highest BCUT2D eigenvalue weighted by Gasteiger charge is 2.25. The van der Waals surface area contributed by atoms with Crippen LogP contribution < -0.4 is 0 Å². The molecule has 0 saturated carbocycles. The highest BCUT2D eigenvalue weighted by molar-refractivity contribution is 5.43. The molecule has 0 aromatic rings. The van der Waals surface area contributed by atoms with Crippen molar-refractivity contribution in [1.29, 1.82) is 21.0 Å². The molecule has 4 nitrogen and oxygen atoms in total. The average molecular weight is 220 g/mol. The lowest BCUT2D eigenvalue weighted by Crippen LogP contribution is -2.11. The van der Waals surface area contributed by atoms with E-state index in [1.165, 1.54) is 0 Å². The van der Waals surface area contributed by atoms with Crippen LogP contribution in [0.4, 0.5) is 0 Å². The van der Waals surface area contributed by atoms with E-state index in [1.807, 2.05) is 36.4 Å². The molecule has 0 aliphatic heterocycles. The Labute approximate surface area is 99.6 Å². The van der Waals surface area contributed by atoms with Crippen LogP contribution in [0.2, 0.25) is 0 Å². The summed E-state index contributed by atoms with van der Waals surface area (Å²) in [4.78, 5) is 0. The molecule has 0 aromatic carbocycles. The van der Waals surface area contributed by atoms with E-state index in [4.69, 9.17) is 21.0 Å². The van der Waals surface area contributed by atoms with Crippen LogP contribution in [-0.2, 0) is 0 Å². The Kier molecular flexibility index (Phi) is 4.26. The van der Waals surface area contributed by atoms with Gasteiger partial charge in [0.25, 0.3) is 0 Å². The Hall–Kier alpha value is -2.82. The Balaban J connectivity index is 3.32. The highest BCUT2D eigenvalue weighted by atomic mass is 14.4. The van der Waals surface area contributed by atoms with Crippen molar-refractivity contribution in [2.75, 3.05) is 0 Å². The van der Waals surface area contributed by atoms with E-state index in [0.717, 1.165) is 0 Å². The van der Waals surface area contributed by atoms with Crippen molar-refractivity contribution in [1.82, 2.24) is 0 Å². The SMILES string of the molecule is N#CC(C#N)C(=C1C=CC=CC1)C(C#N)C#N. The molecule has 0 unspecified atom stereocenters. The molecule has 0 N–H and O–H groups in total. The van der Waals surface area contributed by atoms with Gasteiger partial charge in [-0.1, -0.05) is 24.3 Å². The zero-order valence-corrected chi connectivity index (χ0v) is 8.96. The topological polar surface area (TPSA) is 95.2 Å². The largest absolute Gasteiger partial charge is 0.197 e. The van der Waals surface area contributed by atoms with Gasteiger partial charge in [-0.15, -0.1) is 0 Å². The molecule has 0 radical (unpaired) electrons. The van der Waals surface area contributed by atoms with Crippen molar-refractivity contribution in [2.45, 2.75) is 6.42 Å². The number of hydrogen-bond acceptors (Lipinski definition) is 4. The van der Waals surface area contributed by atoms with E-state index in [-0.39, 0.29) is 0 Å². The molecule has 0 saturated heterocycles. The summed E-state index contributed by atoms with van der Waals surface area (Å²) in [5.74, 6) is -2.10. The number of hydrogen-bond donors (Lipinski definition) is 0. The van der Waals surface area contributed by atoms with Gasteiger partial charge in [0, 0.05) is 0 Å². The van der Waals surface area contributed by atoms with Crippen LogP contribution in [0.15, 0.2) is 35.5 Å². The van der Waals surface area contributed by atoms with E-state index in [2.05, 4.69) is 0 Å². The smallest absolute Gasteiger partial charge is 0.157 e. The van der Waals surface area contributed by atoms with E-state index in [1.54, 1.807) is 12.2 Å². The van der Waals surface area contributed by atoms with Crippen molar-refractivity contribution in [3.8, 4) is 24.3 Å². The van der Waals surface area contributed by atoms with Gasteiger partial charge in [-0.3, -0.25) is 0 Å². The first kappa shape index (κ1) is 12.3. The quantitative estimate of drug-likeness (QED) is 0.712. The lowest BCUT2D eigenvalue weighted by Gasteiger charge is -2.14. The fourth-order valence-electron chi connectivity index (χ4n) is 1.60. The number of allylic oxidation sites excluding steroid dienone is 6. The van der Waals surface area contributed by atoms with Gasteiger partial charge in [0.15, 0.2) is 11.8 Å².